The third-order valence-electron chi connectivity index (χ3n) is 4.39. The summed E-state index contributed by atoms with van der Waals surface area (Å²) in [5.41, 5.74) is 2.25. The van der Waals surface area contributed by atoms with E-state index >= 15 is 0 Å². The third kappa shape index (κ3) is 9.65. The molecule has 0 spiro atoms. The van der Waals surface area contributed by atoms with Crippen LogP contribution in [0.2, 0.25) is 0 Å². The van der Waals surface area contributed by atoms with Crippen molar-refractivity contribution in [2.24, 2.45) is 4.99 Å². The Bertz CT molecular complexity index is 817. The molecule has 2 aromatic rings. The summed E-state index contributed by atoms with van der Waals surface area (Å²) in [7, 11) is 3.25. The minimum absolute atomic E-state index is 0. The normalized spacial score (nSPS) is 11.8. The van der Waals surface area contributed by atoms with Gasteiger partial charge in [0.2, 0.25) is 0 Å². The van der Waals surface area contributed by atoms with Crippen LogP contribution < -0.4 is 24.8 Å². The molecule has 0 amide bonds. The molecule has 0 radical (unpaired) electrons. The Morgan fingerprint density at radius 3 is 2.52 bits per heavy atom. The second-order valence-electron chi connectivity index (χ2n) is 6.87. The monoisotopic (exact) mass is 543 g/mol. The zero-order valence-corrected chi connectivity index (χ0v) is 21.0. The Kier molecular flexibility index (Phi) is 12.8. The van der Waals surface area contributed by atoms with Gasteiger partial charge in [-0.2, -0.15) is 0 Å². The van der Waals surface area contributed by atoms with E-state index in [0.29, 0.717) is 24.0 Å². The lowest BCUT2D eigenvalue weighted by Gasteiger charge is -2.14. The summed E-state index contributed by atoms with van der Waals surface area (Å²) in [6, 6.07) is 13.6. The number of aryl methyl sites for hydroxylation is 1. The lowest BCUT2D eigenvalue weighted by atomic mass is 10.1. The van der Waals surface area contributed by atoms with Crippen molar-refractivity contribution in [1.82, 2.24) is 10.6 Å². The van der Waals surface area contributed by atoms with Crippen molar-refractivity contribution < 1.29 is 19.3 Å². The van der Waals surface area contributed by atoms with Gasteiger partial charge in [0, 0.05) is 13.1 Å². The number of hydrogen-bond donors (Lipinski definition) is 3. The molecule has 0 fully saturated rings. The topological polar surface area (TPSA) is 84.3 Å². The SMILES string of the molecule is CCNC(=NCC(O)COc1cccc(C)c1)NCCc1ccc(OC)c(OC)c1.I. The summed E-state index contributed by atoms with van der Waals surface area (Å²) >= 11 is 0. The maximum absolute atomic E-state index is 10.2. The Morgan fingerprint density at radius 1 is 1.06 bits per heavy atom. The summed E-state index contributed by atoms with van der Waals surface area (Å²) in [4.78, 5) is 4.46. The number of nitrogens with zero attached hydrogens (tertiary/aromatic N) is 1. The maximum Gasteiger partial charge on any atom is 0.191 e. The average molecular weight is 543 g/mol. The number of nitrogens with one attached hydrogen (secondary N) is 2. The number of benzene rings is 2. The molecule has 2 rings (SSSR count). The Hall–Kier alpha value is -2.20. The molecule has 1 atom stereocenters. The number of aliphatic hydroxyl groups excluding tert-OH is 1. The fraction of sp³-hybridized carbons (Fsp3) is 0.435. The summed E-state index contributed by atoms with van der Waals surface area (Å²) in [5.74, 6) is 2.84. The number of aliphatic imine (C=N–C) groups is 1. The second-order valence-corrected chi connectivity index (χ2v) is 6.87. The van der Waals surface area contributed by atoms with Crippen LogP contribution in [-0.2, 0) is 6.42 Å². The first kappa shape index (κ1) is 26.8. The van der Waals surface area contributed by atoms with Crippen molar-refractivity contribution >= 4 is 29.9 Å². The van der Waals surface area contributed by atoms with Crippen molar-refractivity contribution in [2.45, 2.75) is 26.4 Å². The van der Waals surface area contributed by atoms with E-state index in [9.17, 15) is 5.11 Å². The Labute approximate surface area is 202 Å². The molecule has 7 nitrogen and oxygen atoms in total. The van der Waals surface area contributed by atoms with Crippen LogP contribution in [0.5, 0.6) is 17.2 Å². The van der Waals surface area contributed by atoms with Gasteiger partial charge in [0.1, 0.15) is 18.5 Å². The lowest BCUT2D eigenvalue weighted by Crippen LogP contribution is -2.39. The van der Waals surface area contributed by atoms with Gasteiger partial charge in [-0.1, -0.05) is 18.2 Å². The predicted octanol–water partition coefficient (Wildman–Crippen LogP) is 3.17. The van der Waals surface area contributed by atoms with Gasteiger partial charge >= 0.3 is 0 Å². The number of aliphatic hydroxyl groups is 1. The highest BCUT2D eigenvalue weighted by Crippen LogP contribution is 2.27. The molecule has 8 heteroatoms. The average Bonchev–Trinajstić information content (AvgIpc) is 2.76. The van der Waals surface area contributed by atoms with Gasteiger partial charge in [-0.25, -0.2) is 0 Å². The van der Waals surface area contributed by atoms with Crippen LogP contribution in [0.1, 0.15) is 18.1 Å². The van der Waals surface area contributed by atoms with Gasteiger partial charge in [0.25, 0.3) is 0 Å². The van der Waals surface area contributed by atoms with Gasteiger partial charge in [0.15, 0.2) is 17.5 Å². The van der Waals surface area contributed by atoms with Crippen LogP contribution in [0.15, 0.2) is 47.5 Å². The quantitative estimate of drug-likeness (QED) is 0.230. The largest absolute Gasteiger partial charge is 0.493 e. The van der Waals surface area contributed by atoms with E-state index in [-0.39, 0.29) is 37.1 Å². The molecule has 3 N–H and O–H groups in total. The first-order valence-corrected chi connectivity index (χ1v) is 10.2. The molecular weight excluding hydrogens is 509 g/mol. The highest BCUT2D eigenvalue weighted by atomic mass is 127. The van der Waals surface area contributed by atoms with Crippen LogP contribution in [0.3, 0.4) is 0 Å². The number of guanidine groups is 1. The standard InChI is InChI=1S/C23H33N3O4.HI/c1-5-24-23(25-12-11-18-9-10-21(28-3)22(14-18)29-4)26-15-19(27)16-30-20-8-6-7-17(2)13-20;/h6-10,13-14,19,27H,5,11-12,15-16H2,1-4H3,(H2,24,25,26);1H. The van der Waals surface area contributed by atoms with Crippen LogP contribution in [0.4, 0.5) is 0 Å². The molecule has 0 saturated heterocycles. The molecule has 31 heavy (non-hydrogen) atoms. The van der Waals surface area contributed by atoms with E-state index < -0.39 is 6.10 Å². The zero-order chi connectivity index (χ0) is 21.8. The second kappa shape index (κ2) is 14.7. The summed E-state index contributed by atoms with van der Waals surface area (Å²) in [5, 5.41) is 16.7. The molecule has 2 aromatic carbocycles. The molecule has 0 heterocycles. The van der Waals surface area contributed by atoms with Gasteiger partial charge in [-0.05, 0) is 55.7 Å². The minimum atomic E-state index is -0.688. The molecule has 0 aromatic heterocycles. The van der Waals surface area contributed by atoms with E-state index in [1.807, 2.05) is 56.3 Å². The first-order chi connectivity index (χ1) is 14.5. The van der Waals surface area contributed by atoms with E-state index in [1.165, 1.54) is 0 Å². The number of methoxy groups -OCH3 is 2. The van der Waals surface area contributed by atoms with Crippen molar-refractivity contribution in [3.63, 3.8) is 0 Å². The molecule has 0 saturated carbocycles. The molecule has 172 valence electrons. The Balaban J connectivity index is 0.00000480. The summed E-state index contributed by atoms with van der Waals surface area (Å²) in [6.07, 6.45) is 0.107. The number of halogens is 1. The van der Waals surface area contributed by atoms with Crippen LogP contribution in [0.25, 0.3) is 0 Å². The van der Waals surface area contributed by atoms with Crippen LogP contribution in [0, 0.1) is 6.92 Å². The van der Waals surface area contributed by atoms with Crippen LogP contribution >= 0.6 is 24.0 Å². The zero-order valence-electron chi connectivity index (χ0n) is 18.7. The molecule has 1 unspecified atom stereocenters. The number of hydrogen-bond acceptors (Lipinski definition) is 5. The van der Waals surface area contributed by atoms with E-state index in [0.717, 1.165) is 29.8 Å². The molecule has 0 aliphatic heterocycles. The predicted molar refractivity (Wildman–Crippen MR) is 135 cm³/mol. The van der Waals surface area contributed by atoms with Crippen molar-refractivity contribution in [1.29, 1.82) is 0 Å². The van der Waals surface area contributed by atoms with Gasteiger partial charge in [0.05, 0.1) is 20.8 Å². The summed E-state index contributed by atoms with van der Waals surface area (Å²) < 4.78 is 16.3. The number of ether oxygens (including phenoxy) is 3. The number of rotatable bonds is 11. The fourth-order valence-electron chi connectivity index (χ4n) is 2.85. The van der Waals surface area contributed by atoms with E-state index in [1.54, 1.807) is 14.2 Å². The highest BCUT2D eigenvalue weighted by Gasteiger charge is 2.07. The van der Waals surface area contributed by atoms with Crippen molar-refractivity contribution in [3.05, 3.63) is 53.6 Å². The first-order valence-electron chi connectivity index (χ1n) is 10.2. The van der Waals surface area contributed by atoms with Gasteiger partial charge in [-0.3, -0.25) is 4.99 Å². The lowest BCUT2D eigenvalue weighted by molar-refractivity contribution is 0.114. The highest BCUT2D eigenvalue weighted by molar-refractivity contribution is 14.0. The summed E-state index contributed by atoms with van der Waals surface area (Å²) in [6.45, 7) is 5.87. The van der Waals surface area contributed by atoms with E-state index in [4.69, 9.17) is 14.2 Å². The maximum atomic E-state index is 10.2. The van der Waals surface area contributed by atoms with Gasteiger partial charge in [-0.15, -0.1) is 24.0 Å². The molecular formula is C23H34IN3O4. The fourth-order valence-corrected chi connectivity index (χ4v) is 2.85. The van der Waals surface area contributed by atoms with Crippen molar-refractivity contribution in [2.75, 3.05) is 40.5 Å². The smallest absolute Gasteiger partial charge is 0.191 e. The van der Waals surface area contributed by atoms with Crippen LogP contribution in [-0.4, -0.2) is 57.6 Å². The molecule has 0 aliphatic rings. The van der Waals surface area contributed by atoms with Crippen molar-refractivity contribution in [3.8, 4) is 17.2 Å². The molecule has 0 bridgehead atoms. The minimum Gasteiger partial charge on any atom is -0.493 e. The third-order valence-corrected chi connectivity index (χ3v) is 4.39. The Morgan fingerprint density at radius 2 is 1.84 bits per heavy atom. The van der Waals surface area contributed by atoms with Gasteiger partial charge < -0.3 is 30.0 Å². The van der Waals surface area contributed by atoms with E-state index in [2.05, 4.69) is 15.6 Å². The molecule has 0 aliphatic carbocycles.